The summed E-state index contributed by atoms with van der Waals surface area (Å²) in [7, 11) is 0. The second-order valence-corrected chi connectivity index (χ2v) is 4.94. The molecular weight excluding hydrogens is 231 g/mol. The quantitative estimate of drug-likeness (QED) is 0.814. The Morgan fingerprint density at radius 1 is 1.44 bits per heavy atom. The zero-order valence-electron chi connectivity index (χ0n) is 9.51. The van der Waals surface area contributed by atoms with E-state index in [-0.39, 0.29) is 17.4 Å². The van der Waals surface area contributed by atoms with Crippen LogP contribution >= 0.6 is 11.6 Å². The van der Waals surface area contributed by atoms with Gasteiger partial charge in [0, 0.05) is 5.41 Å². The van der Waals surface area contributed by atoms with Crippen LogP contribution in [0.4, 0.5) is 4.39 Å². The van der Waals surface area contributed by atoms with Crippen molar-refractivity contribution in [2.24, 2.45) is 5.41 Å². The van der Waals surface area contributed by atoms with Crippen molar-refractivity contribution in [3.05, 3.63) is 29.0 Å². The summed E-state index contributed by atoms with van der Waals surface area (Å²) in [6.45, 7) is 5.37. The van der Waals surface area contributed by atoms with E-state index in [4.69, 9.17) is 16.3 Å². The second-order valence-electron chi connectivity index (χ2n) is 4.54. The number of hydrogen-bond acceptors (Lipinski definition) is 2. The van der Waals surface area contributed by atoms with E-state index < -0.39 is 11.2 Å². The maximum Gasteiger partial charge on any atom is 0.175 e. The smallest absolute Gasteiger partial charge is 0.175 e. The lowest BCUT2D eigenvalue weighted by Crippen LogP contribution is -2.26. The fourth-order valence-electron chi connectivity index (χ4n) is 0.952. The summed E-state index contributed by atoms with van der Waals surface area (Å²) in [6, 6.07) is 3.80. The van der Waals surface area contributed by atoms with Crippen LogP contribution in [-0.4, -0.2) is 12.4 Å². The lowest BCUT2D eigenvalue weighted by Gasteiger charge is -2.17. The van der Waals surface area contributed by atoms with Crippen LogP contribution in [0.2, 0.25) is 5.02 Å². The Balaban J connectivity index is 2.65. The summed E-state index contributed by atoms with van der Waals surface area (Å²) < 4.78 is 18.0. The number of halogens is 2. The third-order valence-corrected chi connectivity index (χ3v) is 2.38. The van der Waals surface area contributed by atoms with Crippen LogP contribution in [0.5, 0.6) is 5.75 Å². The molecule has 0 radical (unpaired) electrons. The minimum Gasteiger partial charge on any atom is -0.484 e. The number of carbonyl (C=O) groups is 1. The van der Waals surface area contributed by atoms with Crippen LogP contribution in [0.3, 0.4) is 0 Å². The highest BCUT2D eigenvalue weighted by molar-refractivity contribution is 6.32. The van der Waals surface area contributed by atoms with E-state index in [1.165, 1.54) is 12.1 Å². The molecule has 0 spiro atoms. The minimum absolute atomic E-state index is 0.0344. The molecule has 1 rings (SSSR count). The first-order valence-electron chi connectivity index (χ1n) is 4.92. The molecular formula is C12H14ClFO2. The molecule has 0 aliphatic carbocycles. The van der Waals surface area contributed by atoms with Crippen LogP contribution < -0.4 is 4.74 Å². The van der Waals surface area contributed by atoms with Gasteiger partial charge in [0.25, 0.3) is 0 Å². The van der Waals surface area contributed by atoms with Gasteiger partial charge in [-0.25, -0.2) is 4.39 Å². The zero-order chi connectivity index (χ0) is 12.3. The fraction of sp³-hybridized carbons (Fsp3) is 0.417. The van der Waals surface area contributed by atoms with Gasteiger partial charge in [0.05, 0.1) is 5.02 Å². The summed E-state index contributed by atoms with van der Waals surface area (Å²) >= 11 is 5.75. The number of rotatable bonds is 3. The first kappa shape index (κ1) is 13.0. The highest BCUT2D eigenvalue weighted by Gasteiger charge is 2.21. The zero-order valence-corrected chi connectivity index (χ0v) is 10.3. The average Bonchev–Trinajstić information content (AvgIpc) is 2.14. The summed E-state index contributed by atoms with van der Waals surface area (Å²) in [5, 5.41) is 0.168. The van der Waals surface area contributed by atoms with E-state index in [1.54, 1.807) is 0 Å². The third-order valence-electron chi connectivity index (χ3n) is 2.09. The fourth-order valence-corrected chi connectivity index (χ4v) is 1.17. The van der Waals surface area contributed by atoms with Gasteiger partial charge in [-0.3, -0.25) is 4.79 Å². The summed E-state index contributed by atoms with van der Waals surface area (Å²) in [4.78, 5) is 11.6. The van der Waals surface area contributed by atoms with E-state index in [0.717, 1.165) is 6.07 Å². The Morgan fingerprint density at radius 2 is 2.06 bits per heavy atom. The number of benzene rings is 1. The molecule has 0 amide bonds. The Morgan fingerprint density at radius 3 is 2.56 bits per heavy atom. The van der Waals surface area contributed by atoms with Gasteiger partial charge >= 0.3 is 0 Å². The average molecular weight is 245 g/mol. The number of hydrogen-bond donors (Lipinski definition) is 0. The standard InChI is InChI=1S/C12H14ClFO2/c1-12(2,3)11(15)7-16-10-5-4-8(14)6-9(10)13/h4-6H,7H2,1-3H3. The Bertz CT molecular complexity index is 396. The first-order chi connectivity index (χ1) is 7.30. The Hall–Kier alpha value is -1.09. The molecule has 0 N–H and O–H groups in total. The number of carbonyl (C=O) groups excluding carboxylic acids is 1. The molecule has 0 saturated heterocycles. The molecule has 2 nitrogen and oxygen atoms in total. The molecule has 0 aromatic heterocycles. The predicted octanol–water partition coefficient (Wildman–Crippen LogP) is 3.47. The van der Waals surface area contributed by atoms with Crippen LogP contribution in [0.25, 0.3) is 0 Å². The van der Waals surface area contributed by atoms with Gasteiger partial charge in [0.2, 0.25) is 0 Å². The molecule has 0 bridgehead atoms. The van der Waals surface area contributed by atoms with Crippen LogP contribution in [0, 0.1) is 11.2 Å². The van der Waals surface area contributed by atoms with Gasteiger partial charge < -0.3 is 4.74 Å². The second kappa shape index (κ2) is 4.83. The van der Waals surface area contributed by atoms with Gasteiger partial charge in [-0.1, -0.05) is 32.4 Å². The molecule has 1 aromatic rings. The van der Waals surface area contributed by atoms with Crippen molar-refractivity contribution in [3.63, 3.8) is 0 Å². The third kappa shape index (κ3) is 3.49. The first-order valence-corrected chi connectivity index (χ1v) is 5.29. The molecule has 0 fully saturated rings. The Labute approximate surface area is 99.4 Å². The van der Waals surface area contributed by atoms with Gasteiger partial charge in [-0.15, -0.1) is 0 Å². The minimum atomic E-state index is -0.452. The van der Waals surface area contributed by atoms with Crippen LogP contribution in [0.15, 0.2) is 18.2 Å². The van der Waals surface area contributed by atoms with E-state index in [9.17, 15) is 9.18 Å². The number of ether oxygens (including phenoxy) is 1. The van der Waals surface area contributed by atoms with Gasteiger partial charge in [-0.2, -0.15) is 0 Å². The summed E-state index contributed by atoms with van der Waals surface area (Å²) in [6.07, 6.45) is 0. The molecule has 88 valence electrons. The largest absolute Gasteiger partial charge is 0.484 e. The lowest BCUT2D eigenvalue weighted by atomic mass is 9.91. The van der Waals surface area contributed by atoms with Crippen molar-refractivity contribution in [1.29, 1.82) is 0 Å². The van der Waals surface area contributed by atoms with Crippen molar-refractivity contribution in [2.45, 2.75) is 20.8 Å². The van der Waals surface area contributed by atoms with Gasteiger partial charge in [0.1, 0.15) is 18.2 Å². The molecule has 0 aliphatic rings. The van der Waals surface area contributed by atoms with Crippen molar-refractivity contribution < 1.29 is 13.9 Å². The molecule has 0 unspecified atom stereocenters. The van der Waals surface area contributed by atoms with E-state index >= 15 is 0 Å². The van der Waals surface area contributed by atoms with E-state index in [1.807, 2.05) is 20.8 Å². The SMILES string of the molecule is CC(C)(C)C(=O)COc1ccc(F)cc1Cl. The maximum atomic E-state index is 12.7. The predicted molar refractivity (Wildman–Crippen MR) is 61.4 cm³/mol. The molecule has 0 heterocycles. The topological polar surface area (TPSA) is 26.3 Å². The van der Waals surface area contributed by atoms with Crippen molar-refractivity contribution in [1.82, 2.24) is 0 Å². The molecule has 0 aliphatic heterocycles. The van der Waals surface area contributed by atoms with Crippen molar-refractivity contribution in [3.8, 4) is 5.75 Å². The molecule has 0 saturated carbocycles. The van der Waals surface area contributed by atoms with E-state index in [2.05, 4.69) is 0 Å². The highest BCUT2D eigenvalue weighted by atomic mass is 35.5. The number of ketones is 1. The maximum absolute atomic E-state index is 12.7. The van der Waals surface area contributed by atoms with Crippen molar-refractivity contribution in [2.75, 3.05) is 6.61 Å². The van der Waals surface area contributed by atoms with Crippen LogP contribution in [-0.2, 0) is 4.79 Å². The number of Topliss-reactive ketones (excluding diaryl/α,β-unsaturated/α-hetero) is 1. The summed E-state index contributed by atoms with van der Waals surface area (Å²) in [5.41, 5.74) is -0.452. The molecule has 16 heavy (non-hydrogen) atoms. The van der Waals surface area contributed by atoms with Gasteiger partial charge in [-0.05, 0) is 18.2 Å². The molecule has 4 heteroatoms. The Kier molecular flexibility index (Phi) is 3.92. The monoisotopic (exact) mass is 244 g/mol. The molecule has 0 atom stereocenters. The van der Waals surface area contributed by atoms with Crippen LogP contribution in [0.1, 0.15) is 20.8 Å². The normalized spacial score (nSPS) is 11.3. The molecule has 1 aromatic carbocycles. The highest BCUT2D eigenvalue weighted by Crippen LogP contribution is 2.25. The van der Waals surface area contributed by atoms with E-state index in [0.29, 0.717) is 5.75 Å². The van der Waals surface area contributed by atoms with Gasteiger partial charge in [0.15, 0.2) is 5.78 Å². The lowest BCUT2D eigenvalue weighted by molar-refractivity contribution is -0.128. The summed E-state index contributed by atoms with van der Waals surface area (Å²) in [5.74, 6) is -0.145. The van der Waals surface area contributed by atoms with Crippen molar-refractivity contribution >= 4 is 17.4 Å².